The first-order valence-electron chi connectivity index (χ1n) is 38.6. The van der Waals surface area contributed by atoms with Crippen LogP contribution in [-0.4, -0.2) is 89.1 Å². The van der Waals surface area contributed by atoms with Crippen LogP contribution in [0.2, 0.25) is 15.1 Å². The van der Waals surface area contributed by atoms with E-state index < -0.39 is 0 Å². The fraction of sp³-hybridized carbons (Fsp3) is 0.163. The molecule has 1 amide bonds. The lowest BCUT2D eigenvalue weighted by molar-refractivity contribution is 0.0951. The van der Waals surface area contributed by atoms with Gasteiger partial charge >= 0.3 is 0 Å². The molecule has 0 unspecified atom stereocenters. The van der Waals surface area contributed by atoms with Crippen LogP contribution in [0.25, 0.3) is 88.6 Å². The number of halogens is 3. The molecule has 6 heterocycles. The fourth-order valence-electron chi connectivity index (χ4n) is 15.1. The van der Waals surface area contributed by atoms with Crippen LogP contribution >= 0.6 is 34.8 Å². The number of aromatic nitrogens is 4. The minimum atomic E-state index is -0.171. The maximum Gasteiger partial charge on any atom is 0.258 e. The number of rotatable bonds is 14. The number of phenolic OH excluding ortho intramolecular Hbond substituents is 1. The quantitative estimate of drug-likeness (QED) is 0.0481. The molecule has 118 heavy (non-hydrogen) atoms. The molecule has 26 heteroatoms. The first-order valence-corrected chi connectivity index (χ1v) is 39.7. The van der Waals surface area contributed by atoms with Crippen molar-refractivity contribution in [2.24, 2.45) is 34.4 Å². The number of methoxy groups -OCH3 is 1. The van der Waals surface area contributed by atoms with E-state index in [9.17, 15) is 19.8 Å². The molecule has 0 spiro atoms. The first kappa shape index (κ1) is 83.3. The molecular weight excluding hydrogens is 1540 g/mol. The summed E-state index contributed by atoms with van der Waals surface area (Å²) in [6, 6.07) is 70.0. The molecule has 12 aromatic carbocycles. The summed E-state index contributed by atoms with van der Waals surface area (Å²) in [6.07, 6.45) is 4.72. The lowest BCUT2D eigenvalue weighted by atomic mass is 9.93. The summed E-state index contributed by atoms with van der Waals surface area (Å²) in [5.41, 5.74) is 63.3. The molecule has 0 saturated heterocycles. The van der Waals surface area contributed by atoms with Crippen molar-refractivity contribution >= 4 is 102 Å². The maximum atomic E-state index is 12.1. The summed E-state index contributed by atoms with van der Waals surface area (Å²) >= 11 is 18.8. The van der Waals surface area contributed by atoms with Gasteiger partial charge in [-0.1, -0.05) is 193 Å². The van der Waals surface area contributed by atoms with Crippen molar-refractivity contribution in [3.63, 3.8) is 0 Å². The van der Waals surface area contributed by atoms with Gasteiger partial charge in [-0.15, -0.1) is 0 Å². The van der Waals surface area contributed by atoms with Crippen molar-refractivity contribution in [2.45, 2.75) is 45.9 Å². The second-order valence-electron chi connectivity index (χ2n) is 27.4. The Morgan fingerprint density at radius 2 is 0.797 bits per heavy atom. The highest BCUT2D eigenvalue weighted by Gasteiger charge is 2.26. The Hall–Kier alpha value is -12.6. The van der Waals surface area contributed by atoms with E-state index in [4.69, 9.17) is 73.9 Å². The van der Waals surface area contributed by atoms with Crippen molar-refractivity contribution in [1.29, 1.82) is 0 Å². The Balaban J connectivity index is 0.000000123. The number of aliphatic hydroxyl groups excluding tert-OH is 1. The Morgan fingerprint density at radius 1 is 0.390 bits per heavy atom. The first-order chi connectivity index (χ1) is 57.8. The average molecular weight is 1640 g/mol. The van der Waals surface area contributed by atoms with Gasteiger partial charge in [-0.25, -0.2) is 15.0 Å². The molecule has 0 fully saturated rings. The number of aliphatic hydroxyl groups is 1. The summed E-state index contributed by atoms with van der Waals surface area (Å²) in [5.74, 6) is 1.04. The number of carbonyl (C=O) groups excluding carboxylic acids is 1. The highest BCUT2D eigenvalue weighted by Crippen LogP contribution is 2.44. The number of nitrogens with two attached hydrogens (primary N) is 6. The molecule has 23 nitrogen and oxygen atoms in total. The van der Waals surface area contributed by atoms with Gasteiger partial charge in [0.05, 0.1) is 82.8 Å². The second-order valence-corrected chi connectivity index (χ2v) is 28.7. The third-order valence-corrected chi connectivity index (χ3v) is 21.7. The number of nitrogens with zero attached hydrogens (tertiary/aromatic N) is 3. The number of aromatic hydroxyl groups is 1. The van der Waals surface area contributed by atoms with Crippen molar-refractivity contribution in [3.8, 4) is 78.3 Å². The van der Waals surface area contributed by atoms with Crippen LogP contribution in [0.5, 0.6) is 11.5 Å². The Morgan fingerprint density at radius 3 is 1.30 bits per heavy atom. The van der Waals surface area contributed by atoms with Crippen LogP contribution < -0.4 is 87.2 Å². The smallest absolute Gasteiger partial charge is 0.258 e. The molecule has 23 N–H and O–H groups in total. The molecule has 0 aliphatic carbocycles. The average Bonchev–Trinajstić information content (AvgIpc) is 0.795. The molecule has 4 aliphatic heterocycles. The van der Waals surface area contributed by atoms with E-state index in [1.807, 2.05) is 176 Å². The van der Waals surface area contributed by atoms with Crippen LogP contribution in [0, 0.1) is 0 Å². The van der Waals surface area contributed by atoms with E-state index in [0.717, 1.165) is 201 Å². The number of H-pyrrole nitrogens is 1. The molecule has 602 valence electrons. The van der Waals surface area contributed by atoms with Gasteiger partial charge < -0.3 is 96.9 Å². The predicted molar refractivity (Wildman–Crippen MR) is 484 cm³/mol. The number of hydrogen-bond donors (Lipinski definition) is 17. The lowest BCUT2D eigenvalue weighted by Gasteiger charge is -2.25. The molecule has 4 aliphatic rings. The zero-order chi connectivity index (χ0) is 82.6. The number of phenols is 1. The van der Waals surface area contributed by atoms with E-state index in [-0.39, 0.29) is 36.9 Å². The number of nitrogens with one attached hydrogen (secondary N) is 9. The topological polar surface area (TPSA) is 391 Å². The van der Waals surface area contributed by atoms with E-state index in [1.54, 1.807) is 25.4 Å². The largest absolute Gasteiger partial charge is 0.507 e. The lowest BCUT2D eigenvalue weighted by Crippen LogP contribution is -2.36. The SMILES string of the molecule is COc1ccccc1-c1ccc2c(c1CN)NCCN2.NCc1c(-c2ccccc2CO)ccc2c1NCCN2.NCc1c(-c2ccccc2Cl)ccc2c(=O)[nH]cnc12.NCc1c(-c2ccccc2Cl)ccc2c1C(=O)NCN2.NCc1c(-c2ccccc2Cl)ccc2cncnc12.NCc1c(-c2ccccc2O)ccc2c1NCCN2. The van der Waals surface area contributed by atoms with Crippen LogP contribution in [0.4, 0.5) is 39.8 Å². The molecule has 0 bridgehead atoms. The summed E-state index contributed by atoms with van der Waals surface area (Å²) < 4.78 is 5.47. The monoisotopic (exact) mass is 1630 g/mol. The van der Waals surface area contributed by atoms with Gasteiger partial charge in [-0.05, 0) is 133 Å². The summed E-state index contributed by atoms with van der Waals surface area (Å²) in [6.45, 7) is 8.28. The van der Waals surface area contributed by atoms with Gasteiger partial charge in [0, 0.05) is 144 Å². The van der Waals surface area contributed by atoms with Gasteiger partial charge in [0.15, 0.2) is 0 Å². The summed E-state index contributed by atoms with van der Waals surface area (Å²) in [5, 5.41) is 49.3. The zero-order valence-electron chi connectivity index (χ0n) is 65.0. The number of para-hydroxylation sites is 2. The Kier molecular flexibility index (Phi) is 28.1. The number of anilines is 7. The number of fused-ring (bicyclic) bond motifs is 6. The highest BCUT2D eigenvalue weighted by atomic mass is 35.5. The standard InChI is InChI=1S/2C16H19N3O.C15H14ClN3O.C15H12ClN3O.C15H12ClN3.C15H17N3O/c1-20-15-5-3-2-4-12(15)11-6-7-14-16(13(11)10-17)19-9-8-18-14;17-9-14-13(12-4-2-1-3-11(12)10-20)5-6-15-16(14)19-8-7-18-15;16-12-4-2-1-3-10(12)9-5-6-13-14(11(9)7-17)15(20)19-8-18-13;16-13-4-2-1-3-10(13)9-5-6-11-14(12(9)7-17)18-8-19-15(11)20;16-14-4-2-1-3-12(14)11-6-5-10-8-18-9-19-15(10)13(11)7-17;16-9-12-10(11-3-1-2-4-14(11)19)5-6-13-15(12)18-8-7-17-13/h2-7,18-19H,8-10,17H2,1H3;1-6,18-20H,7-10,17H2;1-6,18H,7-8,17H2,(H,19,20);1-6,8H,7,17H2,(H,18,19,20);1-6,8-9H,7,17H2;1-6,17-19H,7-9,16H2. The van der Waals surface area contributed by atoms with Crippen LogP contribution in [-0.2, 0) is 45.9 Å². The molecule has 0 saturated carbocycles. The summed E-state index contributed by atoms with van der Waals surface area (Å²) in [7, 11) is 1.69. The Bertz CT molecular complexity index is 5880. The molecule has 18 rings (SSSR count). The van der Waals surface area contributed by atoms with Gasteiger partial charge in [0.2, 0.25) is 0 Å². The van der Waals surface area contributed by atoms with Crippen molar-refractivity contribution < 1.29 is 19.7 Å². The molecule has 2 aromatic heterocycles. The van der Waals surface area contributed by atoms with Crippen LogP contribution in [0.1, 0.15) is 49.3 Å². The number of ether oxygens (including phenoxy) is 1. The van der Waals surface area contributed by atoms with E-state index in [2.05, 4.69) is 92.8 Å². The van der Waals surface area contributed by atoms with Crippen molar-refractivity contribution in [2.75, 3.05) is 90.3 Å². The van der Waals surface area contributed by atoms with Crippen LogP contribution in [0.3, 0.4) is 0 Å². The van der Waals surface area contributed by atoms with Gasteiger partial charge in [0.25, 0.3) is 11.5 Å². The van der Waals surface area contributed by atoms with Crippen molar-refractivity contribution in [1.82, 2.24) is 25.3 Å². The van der Waals surface area contributed by atoms with Gasteiger partial charge in [0.1, 0.15) is 17.8 Å². The third-order valence-electron chi connectivity index (χ3n) is 20.7. The number of amides is 1. The number of benzene rings is 12. The molecular formula is C92H93Cl3N18O5. The minimum absolute atomic E-state index is 0.0307. The van der Waals surface area contributed by atoms with E-state index in [1.165, 1.54) is 12.7 Å². The predicted octanol–water partition coefficient (Wildman–Crippen LogP) is 15.8. The maximum absolute atomic E-state index is 12.1. The molecule has 0 atom stereocenters. The van der Waals surface area contributed by atoms with Gasteiger partial charge in [-0.2, -0.15) is 0 Å². The zero-order valence-corrected chi connectivity index (χ0v) is 67.2. The second kappa shape index (κ2) is 39.8. The van der Waals surface area contributed by atoms with Crippen LogP contribution in [0.15, 0.2) is 242 Å². The Labute approximate surface area is 699 Å². The number of aromatic amines is 1. The third kappa shape index (κ3) is 18.3. The molecule has 0 radical (unpaired) electrons. The fourth-order valence-corrected chi connectivity index (χ4v) is 15.8. The molecule has 14 aromatic rings. The minimum Gasteiger partial charge on any atom is -0.507 e. The van der Waals surface area contributed by atoms with E-state index >= 15 is 0 Å². The summed E-state index contributed by atoms with van der Waals surface area (Å²) in [4.78, 5) is 39.1. The normalized spacial score (nSPS) is 12.5. The highest BCUT2D eigenvalue weighted by molar-refractivity contribution is 6.34. The van der Waals surface area contributed by atoms with Crippen molar-refractivity contribution in [3.05, 3.63) is 307 Å². The number of hydrogen-bond acceptors (Lipinski definition) is 21. The van der Waals surface area contributed by atoms with E-state index in [0.29, 0.717) is 64.4 Å². The van der Waals surface area contributed by atoms with Gasteiger partial charge in [-0.3, -0.25) is 9.59 Å². The number of carbonyl (C=O) groups is 1.